The fraction of sp³-hybridized carbons (Fsp3) is 0.286. The van der Waals surface area contributed by atoms with Crippen molar-refractivity contribution < 1.29 is 19.5 Å². The van der Waals surface area contributed by atoms with Crippen LogP contribution >= 0.6 is 23.4 Å². The van der Waals surface area contributed by atoms with Crippen molar-refractivity contribution in [2.45, 2.75) is 5.37 Å². The second-order valence-electron chi connectivity index (χ2n) is 2.76. The van der Waals surface area contributed by atoms with E-state index in [-0.39, 0.29) is 16.5 Å². The molecule has 0 aromatic heterocycles. The number of rotatable bonds is 1. The van der Waals surface area contributed by atoms with Crippen LogP contribution in [0.3, 0.4) is 0 Å². The van der Waals surface area contributed by atoms with Gasteiger partial charge in [0, 0.05) is 5.75 Å². The topological polar surface area (TPSA) is 74.7 Å². The van der Waals surface area contributed by atoms with Crippen LogP contribution in [0.4, 0.5) is 0 Å². The van der Waals surface area contributed by atoms with Crippen molar-refractivity contribution in [1.29, 1.82) is 0 Å². The third kappa shape index (κ3) is 1.07. The predicted molar refractivity (Wildman–Crippen MR) is 48.6 cm³/mol. The Labute approximate surface area is 87.7 Å². The first-order chi connectivity index (χ1) is 6.54. The molecule has 0 aliphatic carbocycles. The van der Waals surface area contributed by atoms with Gasteiger partial charge in [-0.05, 0) is 0 Å². The summed E-state index contributed by atoms with van der Waals surface area (Å²) >= 11 is 6.81. The minimum atomic E-state index is -1.28. The number of carbonyl (C=O) groups is 3. The quantitative estimate of drug-likeness (QED) is 0.510. The zero-order chi connectivity index (χ0) is 10.5. The van der Waals surface area contributed by atoms with E-state index in [2.05, 4.69) is 0 Å². The van der Waals surface area contributed by atoms with E-state index < -0.39 is 23.0 Å². The summed E-state index contributed by atoms with van der Waals surface area (Å²) in [6.07, 6.45) is 0. The van der Waals surface area contributed by atoms with Crippen molar-refractivity contribution in [3.63, 3.8) is 0 Å². The molecule has 14 heavy (non-hydrogen) atoms. The van der Waals surface area contributed by atoms with Gasteiger partial charge >= 0.3 is 5.97 Å². The molecule has 1 N–H and O–H groups in total. The molecule has 0 bridgehead atoms. The minimum absolute atomic E-state index is 0.0969. The predicted octanol–water partition coefficient (Wildman–Crippen LogP) is 0.00560. The van der Waals surface area contributed by atoms with Crippen LogP contribution in [-0.4, -0.2) is 38.8 Å². The van der Waals surface area contributed by atoms with Crippen molar-refractivity contribution in [1.82, 2.24) is 4.90 Å². The number of carboxylic acids is 1. The Kier molecular flexibility index (Phi) is 2.04. The molecular weight excluding hydrogens is 230 g/mol. The van der Waals surface area contributed by atoms with Gasteiger partial charge in [0.15, 0.2) is 5.37 Å². The number of carbonyl (C=O) groups excluding carboxylic acids is 2. The van der Waals surface area contributed by atoms with Gasteiger partial charge in [-0.25, -0.2) is 4.79 Å². The minimum Gasteiger partial charge on any atom is -0.477 e. The summed E-state index contributed by atoms with van der Waals surface area (Å²) in [5.74, 6) is -2.37. The number of Topliss-reactive ketones (excluding diaryl/α,β-unsaturated/α-hetero) is 1. The number of ketones is 1. The number of thioether (sulfide) groups is 1. The second-order valence-corrected chi connectivity index (χ2v) is 4.29. The van der Waals surface area contributed by atoms with Crippen LogP contribution in [0.2, 0.25) is 0 Å². The standard InChI is InChI=1S/C7H4ClNO4S/c8-2-1-14-6-4(10)5(11)9(6)3(2)7(12)13/h6H,1H2,(H,12,13)/t6-/m0/s1. The van der Waals surface area contributed by atoms with E-state index in [9.17, 15) is 14.4 Å². The Bertz CT molecular complexity index is 391. The molecule has 0 radical (unpaired) electrons. The SMILES string of the molecule is O=C(O)C1=C(Cl)CS[C@H]2C(=O)C(=O)N12. The van der Waals surface area contributed by atoms with E-state index in [0.717, 1.165) is 16.7 Å². The summed E-state index contributed by atoms with van der Waals surface area (Å²) in [6, 6.07) is 0. The fourth-order valence-electron chi connectivity index (χ4n) is 1.32. The van der Waals surface area contributed by atoms with Crippen LogP contribution < -0.4 is 0 Å². The summed E-state index contributed by atoms with van der Waals surface area (Å²) < 4.78 is 0. The Morgan fingerprint density at radius 3 is 2.79 bits per heavy atom. The number of nitrogens with zero attached hydrogens (tertiary/aromatic N) is 1. The highest BCUT2D eigenvalue weighted by molar-refractivity contribution is 8.01. The zero-order valence-electron chi connectivity index (χ0n) is 6.69. The lowest BCUT2D eigenvalue weighted by atomic mass is 10.1. The highest BCUT2D eigenvalue weighted by Crippen LogP contribution is 2.38. The molecule has 7 heteroatoms. The van der Waals surface area contributed by atoms with Gasteiger partial charge in [0.05, 0.1) is 5.03 Å². The van der Waals surface area contributed by atoms with Crippen LogP contribution in [0.25, 0.3) is 0 Å². The van der Waals surface area contributed by atoms with Crippen LogP contribution in [0.15, 0.2) is 10.7 Å². The first-order valence-electron chi connectivity index (χ1n) is 3.65. The Hall–Kier alpha value is -1.01. The number of hydrogen-bond acceptors (Lipinski definition) is 4. The molecule has 1 saturated heterocycles. The third-order valence-corrected chi connectivity index (χ3v) is 3.62. The van der Waals surface area contributed by atoms with Crippen LogP contribution in [0, 0.1) is 0 Å². The molecule has 2 aliphatic rings. The summed E-state index contributed by atoms with van der Waals surface area (Å²) in [4.78, 5) is 33.7. The maximum absolute atomic E-state index is 11.1. The molecule has 0 unspecified atom stereocenters. The number of fused-ring (bicyclic) bond motifs is 1. The van der Waals surface area contributed by atoms with Gasteiger partial charge in [-0.2, -0.15) is 0 Å². The van der Waals surface area contributed by atoms with Crippen molar-refractivity contribution in [2.75, 3.05) is 5.75 Å². The first kappa shape index (κ1) is 9.54. The zero-order valence-corrected chi connectivity index (χ0v) is 8.26. The Balaban J connectivity index is 2.41. The van der Waals surface area contributed by atoms with Crippen LogP contribution in [-0.2, 0) is 14.4 Å². The summed E-state index contributed by atoms with van der Waals surface area (Å²) in [5.41, 5.74) is -0.264. The van der Waals surface area contributed by atoms with E-state index in [1.165, 1.54) is 0 Å². The molecule has 2 rings (SSSR count). The highest BCUT2D eigenvalue weighted by atomic mass is 35.5. The van der Waals surface area contributed by atoms with Gasteiger partial charge < -0.3 is 5.11 Å². The molecule has 1 amide bonds. The van der Waals surface area contributed by atoms with E-state index in [1.54, 1.807) is 0 Å². The molecule has 0 spiro atoms. The van der Waals surface area contributed by atoms with Crippen molar-refractivity contribution >= 4 is 41.0 Å². The third-order valence-electron chi connectivity index (χ3n) is 1.96. The number of carboxylic acid groups (broad SMARTS) is 1. The normalized spacial score (nSPS) is 26.1. The lowest BCUT2D eigenvalue weighted by Gasteiger charge is -2.40. The number of halogens is 1. The molecule has 1 atom stereocenters. The fourth-order valence-corrected chi connectivity index (χ4v) is 2.73. The summed E-state index contributed by atoms with van der Waals surface area (Å²) in [6.45, 7) is 0. The van der Waals surface area contributed by atoms with Crippen LogP contribution in [0.5, 0.6) is 0 Å². The van der Waals surface area contributed by atoms with Gasteiger partial charge in [0.25, 0.3) is 11.7 Å². The molecular formula is C7H4ClNO4S. The first-order valence-corrected chi connectivity index (χ1v) is 5.07. The van der Waals surface area contributed by atoms with Crippen molar-refractivity contribution in [3.8, 4) is 0 Å². The second kappa shape index (κ2) is 2.99. The molecule has 0 aromatic rings. The van der Waals surface area contributed by atoms with Gasteiger partial charge in [-0.3, -0.25) is 14.5 Å². The van der Waals surface area contributed by atoms with E-state index in [1.807, 2.05) is 0 Å². The molecule has 2 heterocycles. The van der Waals surface area contributed by atoms with Crippen molar-refractivity contribution in [3.05, 3.63) is 10.7 Å². The number of hydrogen-bond donors (Lipinski definition) is 1. The maximum Gasteiger partial charge on any atom is 0.353 e. The molecule has 0 aromatic carbocycles. The van der Waals surface area contributed by atoms with E-state index in [0.29, 0.717) is 0 Å². The number of aliphatic carboxylic acids is 1. The Morgan fingerprint density at radius 1 is 1.57 bits per heavy atom. The molecule has 1 fully saturated rings. The van der Waals surface area contributed by atoms with Gasteiger partial charge in [0.1, 0.15) is 5.70 Å². The van der Waals surface area contributed by atoms with Gasteiger partial charge in [0.2, 0.25) is 0 Å². The largest absolute Gasteiger partial charge is 0.477 e. The molecule has 2 aliphatic heterocycles. The maximum atomic E-state index is 11.1. The summed E-state index contributed by atoms with van der Waals surface area (Å²) in [5, 5.41) is 8.19. The van der Waals surface area contributed by atoms with E-state index in [4.69, 9.17) is 16.7 Å². The molecule has 74 valence electrons. The molecule has 5 nitrogen and oxygen atoms in total. The van der Waals surface area contributed by atoms with Crippen molar-refractivity contribution in [2.24, 2.45) is 0 Å². The average Bonchev–Trinajstić information content (AvgIpc) is 2.15. The lowest BCUT2D eigenvalue weighted by Crippen LogP contribution is -2.61. The average molecular weight is 234 g/mol. The van der Waals surface area contributed by atoms with Gasteiger partial charge in [-0.1, -0.05) is 11.6 Å². The smallest absolute Gasteiger partial charge is 0.353 e. The van der Waals surface area contributed by atoms with Gasteiger partial charge in [-0.15, -0.1) is 11.8 Å². The van der Waals surface area contributed by atoms with E-state index >= 15 is 0 Å². The summed E-state index contributed by atoms with van der Waals surface area (Å²) in [7, 11) is 0. The lowest BCUT2D eigenvalue weighted by molar-refractivity contribution is -0.156. The number of β-lactam (4-membered cyclic amide) rings is 1. The van der Waals surface area contributed by atoms with Crippen LogP contribution in [0.1, 0.15) is 0 Å². The Morgan fingerprint density at radius 2 is 2.21 bits per heavy atom. The number of amides is 1. The highest BCUT2D eigenvalue weighted by Gasteiger charge is 2.52. The monoisotopic (exact) mass is 233 g/mol. The molecule has 0 saturated carbocycles.